The molecule has 4 rings (SSSR count). The van der Waals surface area contributed by atoms with Crippen molar-refractivity contribution < 1.29 is 22.9 Å². The molecule has 4 aromatic rings. The first kappa shape index (κ1) is 21.0. The predicted octanol–water partition coefficient (Wildman–Crippen LogP) is 4.68. The number of benzene rings is 2. The second kappa shape index (κ2) is 9.69. The quantitative estimate of drug-likeness (QED) is 0.417. The van der Waals surface area contributed by atoms with Gasteiger partial charge >= 0.3 is 0 Å². The number of anilines is 2. The number of amides is 2. The van der Waals surface area contributed by atoms with Gasteiger partial charge in [0.1, 0.15) is 5.82 Å². The number of halogens is 1. The summed E-state index contributed by atoms with van der Waals surface area (Å²) in [5.41, 5.74) is 1.85. The highest BCUT2D eigenvalue weighted by atomic mass is 19.1. The van der Waals surface area contributed by atoms with E-state index in [2.05, 4.69) is 20.8 Å². The fraction of sp³-hybridized carbons (Fsp3) is 0.130. The fourth-order valence-corrected chi connectivity index (χ4v) is 2.93. The lowest BCUT2D eigenvalue weighted by molar-refractivity contribution is -0.116. The minimum absolute atomic E-state index is 0.157. The van der Waals surface area contributed by atoms with Gasteiger partial charge in [0.25, 0.3) is 5.91 Å². The SMILES string of the molecule is O=C(CCCc1nc(-c2ccc(F)cc2)no1)Nc1ccc(NC(=O)c2ccco2)cc1. The zero-order valence-electron chi connectivity index (χ0n) is 16.9. The number of nitrogens with one attached hydrogen (secondary N) is 2. The molecule has 2 N–H and O–H groups in total. The number of aryl methyl sites for hydroxylation is 1. The van der Waals surface area contributed by atoms with Crippen molar-refractivity contribution in [3.8, 4) is 11.4 Å². The second-order valence-corrected chi connectivity index (χ2v) is 6.93. The molecule has 0 atom stereocenters. The summed E-state index contributed by atoms with van der Waals surface area (Å²) in [4.78, 5) is 28.4. The Morgan fingerprint density at radius 3 is 2.34 bits per heavy atom. The molecule has 2 aromatic carbocycles. The predicted molar refractivity (Wildman–Crippen MR) is 114 cm³/mol. The maximum absolute atomic E-state index is 13.0. The molecule has 9 heteroatoms. The van der Waals surface area contributed by atoms with Crippen molar-refractivity contribution in [2.45, 2.75) is 19.3 Å². The van der Waals surface area contributed by atoms with Crippen LogP contribution in [-0.2, 0) is 11.2 Å². The molecular formula is C23H19FN4O4. The van der Waals surface area contributed by atoms with Gasteiger partial charge in [-0.2, -0.15) is 4.98 Å². The maximum Gasteiger partial charge on any atom is 0.291 e. The molecule has 0 spiro atoms. The van der Waals surface area contributed by atoms with Crippen LogP contribution < -0.4 is 10.6 Å². The Labute approximate surface area is 182 Å². The lowest BCUT2D eigenvalue weighted by atomic mass is 10.2. The van der Waals surface area contributed by atoms with E-state index in [9.17, 15) is 14.0 Å². The Morgan fingerprint density at radius 2 is 1.66 bits per heavy atom. The average Bonchev–Trinajstić information content (AvgIpc) is 3.48. The zero-order chi connectivity index (χ0) is 22.3. The fourth-order valence-electron chi connectivity index (χ4n) is 2.93. The lowest BCUT2D eigenvalue weighted by Gasteiger charge is -2.07. The molecule has 0 aliphatic heterocycles. The molecule has 32 heavy (non-hydrogen) atoms. The number of hydrogen-bond acceptors (Lipinski definition) is 6. The Balaban J connectivity index is 1.22. The first-order valence-corrected chi connectivity index (χ1v) is 9.90. The van der Waals surface area contributed by atoms with Crippen LogP contribution in [0.3, 0.4) is 0 Å². The molecule has 2 amide bonds. The van der Waals surface area contributed by atoms with E-state index in [1.54, 1.807) is 48.5 Å². The molecule has 2 heterocycles. The van der Waals surface area contributed by atoms with E-state index in [1.165, 1.54) is 18.4 Å². The van der Waals surface area contributed by atoms with E-state index in [1.807, 2.05) is 0 Å². The van der Waals surface area contributed by atoms with Crippen molar-refractivity contribution in [3.63, 3.8) is 0 Å². The van der Waals surface area contributed by atoms with Gasteiger partial charge in [0.2, 0.25) is 17.6 Å². The summed E-state index contributed by atoms with van der Waals surface area (Å²) in [7, 11) is 0. The minimum atomic E-state index is -0.351. The van der Waals surface area contributed by atoms with Crippen LogP contribution in [0.1, 0.15) is 29.3 Å². The third-order valence-electron chi connectivity index (χ3n) is 4.54. The van der Waals surface area contributed by atoms with Crippen molar-refractivity contribution in [1.29, 1.82) is 0 Å². The van der Waals surface area contributed by atoms with Crippen LogP contribution >= 0.6 is 0 Å². The van der Waals surface area contributed by atoms with E-state index in [-0.39, 0.29) is 29.8 Å². The molecule has 0 aliphatic rings. The molecule has 0 radical (unpaired) electrons. The first-order valence-electron chi connectivity index (χ1n) is 9.90. The molecule has 0 saturated heterocycles. The highest BCUT2D eigenvalue weighted by molar-refractivity contribution is 6.02. The van der Waals surface area contributed by atoms with E-state index in [0.29, 0.717) is 41.5 Å². The van der Waals surface area contributed by atoms with Gasteiger partial charge in [0.15, 0.2) is 5.76 Å². The van der Waals surface area contributed by atoms with Crippen LogP contribution in [0.25, 0.3) is 11.4 Å². The van der Waals surface area contributed by atoms with Crippen LogP contribution in [0.15, 0.2) is 75.9 Å². The number of carbonyl (C=O) groups excluding carboxylic acids is 2. The van der Waals surface area contributed by atoms with Gasteiger partial charge < -0.3 is 19.6 Å². The van der Waals surface area contributed by atoms with Crippen molar-refractivity contribution >= 4 is 23.2 Å². The third kappa shape index (κ3) is 5.45. The van der Waals surface area contributed by atoms with Gasteiger partial charge in [-0.1, -0.05) is 5.16 Å². The highest BCUT2D eigenvalue weighted by Crippen LogP contribution is 2.18. The first-order chi connectivity index (χ1) is 15.6. The van der Waals surface area contributed by atoms with Crippen LogP contribution in [0.2, 0.25) is 0 Å². The summed E-state index contributed by atoms with van der Waals surface area (Å²) >= 11 is 0. The number of carbonyl (C=O) groups is 2. The average molecular weight is 434 g/mol. The summed E-state index contributed by atoms with van der Waals surface area (Å²) in [6.07, 6.45) is 2.66. The number of furan rings is 1. The van der Waals surface area contributed by atoms with Gasteiger partial charge in [-0.05, 0) is 67.1 Å². The zero-order valence-corrected chi connectivity index (χ0v) is 16.9. The third-order valence-corrected chi connectivity index (χ3v) is 4.54. The van der Waals surface area contributed by atoms with Crippen LogP contribution in [0, 0.1) is 5.82 Å². The van der Waals surface area contributed by atoms with Gasteiger partial charge in [-0.3, -0.25) is 9.59 Å². The van der Waals surface area contributed by atoms with Crippen molar-refractivity contribution in [3.05, 3.63) is 84.4 Å². The van der Waals surface area contributed by atoms with Gasteiger partial charge in [0.05, 0.1) is 6.26 Å². The standard InChI is InChI=1S/C23H19FN4O4/c24-16-8-6-15(7-9-16)22-27-21(32-28-22)5-1-4-20(29)25-17-10-12-18(13-11-17)26-23(30)19-3-2-14-31-19/h2-3,6-14H,1,4-5H2,(H,25,29)(H,26,30). The van der Waals surface area contributed by atoms with E-state index in [4.69, 9.17) is 8.94 Å². The number of aromatic nitrogens is 2. The van der Waals surface area contributed by atoms with E-state index >= 15 is 0 Å². The van der Waals surface area contributed by atoms with Crippen molar-refractivity contribution in [2.24, 2.45) is 0 Å². The smallest absolute Gasteiger partial charge is 0.291 e. The van der Waals surface area contributed by atoms with Gasteiger partial charge in [0, 0.05) is 29.8 Å². The Bertz CT molecular complexity index is 1190. The monoisotopic (exact) mass is 434 g/mol. The molecule has 2 aromatic heterocycles. The number of nitrogens with zero attached hydrogens (tertiary/aromatic N) is 2. The molecule has 0 saturated carbocycles. The Hall–Kier alpha value is -4.27. The Kier molecular flexibility index (Phi) is 6.35. The molecule has 8 nitrogen and oxygen atoms in total. The summed E-state index contributed by atoms with van der Waals surface area (Å²) < 4.78 is 23.2. The second-order valence-electron chi connectivity index (χ2n) is 6.93. The number of hydrogen-bond donors (Lipinski definition) is 2. The normalized spacial score (nSPS) is 10.7. The highest BCUT2D eigenvalue weighted by Gasteiger charge is 2.11. The Morgan fingerprint density at radius 1 is 0.938 bits per heavy atom. The van der Waals surface area contributed by atoms with Crippen LogP contribution in [0.5, 0.6) is 0 Å². The summed E-state index contributed by atoms with van der Waals surface area (Å²) in [5.74, 6) is 0.161. The van der Waals surface area contributed by atoms with Gasteiger partial charge in [-0.25, -0.2) is 4.39 Å². The van der Waals surface area contributed by atoms with E-state index in [0.717, 1.165) is 0 Å². The van der Waals surface area contributed by atoms with Gasteiger partial charge in [-0.15, -0.1) is 0 Å². The maximum atomic E-state index is 13.0. The molecule has 0 fully saturated rings. The summed E-state index contributed by atoms with van der Waals surface area (Å²) in [5, 5.41) is 9.39. The largest absolute Gasteiger partial charge is 0.459 e. The summed E-state index contributed by atoms with van der Waals surface area (Å²) in [6.45, 7) is 0. The van der Waals surface area contributed by atoms with Crippen LogP contribution in [0.4, 0.5) is 15.8 Å². The van der Waals surface area contributed by atoms with Crippen LogP contribution in [-0.4, -0.2) is 22.0 Å². The van der Waals surface area contributed by atoms with Crippen molar-refractivity contribution in [1.82, 2.24) is 10.1 Å². The van der Waals surface area contributed by atoms with E-state index < -0.39 is 0 Å². The molecule has 0 aliphatic carbocycles. The number of rotatable bonds is 8. The molecular weight excluding hydrogens is 415 g/mol. The topological polar surface area (TPSA) is 110 Å². The summed E-state index contributed by atoms with van der Waals surface area (Å²) in [6, 6.07) is 15.8. The minimum Gasteiger partial charge on any atom is -0.459 e. The molecule has 0 unspecified atom stereocenters. The molecule has 162 valence electrons. The lowest BCUT2D eigenvalue weighted by Crippen LogP contribution is -2.12. The molecule has 0 bridgehead atoms. The van der Waals surface area contributed by atoms with Crippen molar-refractivity contribution in [2.75, 3.05) is 10.6 Å².